The highest BCUT2D eigenvalue weighted by Crippen LogP contribution is 2.10. The maximum Gasteiger partial charge on any atom is 0.272 e. The maximum atomic E-state index is 11.0. The van der Waals surface area contributed by atoms with Gasteiger partial charge in [-0.15, -0.1) is 0 Å². The fraction of sp³-hybridized carbons (Fsp3) is 0.167. The zero-order valence-corrected chi connectivity index (χ0v) is 9.07. The van der Waals surface area contributed by atoms with Crippen LogP contribution in [-0.4, -0.2) is 19.7 Å². The molecule has 0 aliphatic heterocycles. The predicted octanol–water partition coefficient (Wildman–Crippen LogP) is 0.509. The van der Waals surface area contributed by atoms with E-state index in [1.54, 1.807) is 0 Å². The molecule has 0 spiro atoms. The molecule has 1 heterocycles. The SMILES string of the molecule is CS(=O)(=O)Nc1cc(Br)c[nH]c1=O. The van der Waals surface area contributed by atoms with E-state index >= 15 is 0 Å². The van der Waals surface area contributed by atoms with Gasteiger partial charge in [-0.2, -0.15) is 0 Å². The van der Waals surface area contributed by atoms with Gasteiger partial charge in [-0.05, 0) is 22.0 Å². The first-order valence-electron chi connectivity index (χ1n) is 3.24. The van der Waals surface area contributed by atoms with Crippen LogP contribution in [0.15, 0.2) is 21.5 Å². The molecule has 1 aromatic heterocycles. The van der Waals surface area contributed by atoms with E-state index < -0.39 is 15.6 Å². The Morgan fingerprint density at radius 3 is 2.69 bits per heavy atom. The highest BCUT2D eigenvalue weighted by molar-refractivity contribution is 9.10. The van der Waals surface area contributed by atoms with Crippen LogP contribution in [-0.2, 0) is 10.0 Å². The number of nitrogens with one attached hydrogen (secondary N) is 2. The van der Waals surface area contributed by atoms with Gasteiger partial charge in [-0.25, -0.2) is 8.42 Å². The van der Waals surface area contributed by atoms with Crippen LogP contribution in [0.4, 0.5) is 5.69 Å². The summed E-state index contributed by atoms with van der Waals surface area (Å²) in [6, 6.07) is 1.39. The zero-order valence-electron chi connectivity index (χ0n) is 6.67. The Balaban J connectivity index is 3.16. The minimum Gasteiger partial charge on any atom is -0.326 e. The van der Waals surface area contributed by atoms with E-state index in [1.165, 1.54) is 12.3 Å². The largest absolute Gasteiger partial charge is 0.326 e. The first-order valence-corrected chi connectivity index (χ1v) is 5.93. The van der Waals surface area contributed by atoms with Crippen LogP contribution in [0.1, 0.15) is 0 Å². The lowest BCUT2D eigenvalue weighted by atomic mass is 10.4. The van der Waals surface area contributed by atoms with Gasteiger partial charge in [0.15, 0.2) is 0 Å². The van der Waals surface area contributed by atoms with Crippen LogP contribution < -0.4 is 10.3 Å². The molecule has 1 rings (SSSR count). The molecule has 0 saturated carbocycles. The summed E-state index contributed by atoms with van der Waals surface area (Å²) in [6.45, 7) is 0. The van der Waals surface area contributed by atoms with Gasteiger partial charge in [0.1, 0.15) is 5.69 Å². The van der Waals surface area contributed by atoms with E-state index in [0.29, 0.717) is 4.47 Å². The van der Waals surface area contributed by atoms with Crippen molar-refractivity contribution in [3.05, 3.63) is 27.1 Å². The Hall–Kier alpha value is -0.820. The highest BCUT2D eigenvalue weighted by Gasteiger charge is 2.05. The fourth-order valence-corrected chi connectivity index (χ4v) is 1.63. The molecule has 7 heteroatoms. The highest BCUT2D eigenvalue weighted by atomic mass is 79.9. The maximum absolute atomic E-state index is 11.0. The van der Waals surface area contributed by atoms with Crippen molar-refractivity contribution in [3.63, 3.8) is 0 Å². The van der Waals surface area contributed by atoms with Gasteiger partial charge in [0, 0.05) is 10.7 Å². The molecule has 0 amide bonds. The van der Waals surface area contributed by atoms with Crippen molar-refractivity contribution in [2.45, 2.75) is 0 Å². The standard InChI is InChI=1S/C6H7BrN2O3S/c1-13(11,12)9-5-2-4(7)3-8-6(5)10/h2-3,9H,1H3,(H,8,10). The summed E-state index contributed by atoms with van der Waals surface area (Å²) < 4.78 is 24.3. The third-order valence-electron chi connectivity index (χ3n) is 1.16. The minimum absolute atomic E-state index is 0.00289. The first kappa shape index (κ1) is 10.3. The van der Waals surface area contributed by atoms with Crippen LogP contribution in [0.2, 0.25) is 0 Å². The number of hydrogen-bond donors (Lipinski definition) is 2. The van der Waals surface area contributed by atoms with Crippen molar-refractivity contribution in [2.75, 3.05) is 11.0 Å². The van der Waals surface area contributed by atoms with Crippen molar-refractivity contribution in [3.8, 4) is 0 Å². The molecule has 0 unspecified atom stereocenters. The third-order valence-corrected chi connectivity index (χ3v) is 2.21. The van der Waals surface area contributed by atoms with Crippen molar-refractivity contribution in [1.82, 2.24) is 4.98 Å². The van der Waals surface area contributed by atoms with Gasteiger partial charge in [-0.1, -0.05) is 0 Å². The fourth-order valence-electron chi connectivity index (χ4n) is 0.733. The Morgan fingerprint density at radius 1 is 1.54 bits per heavy atom. The second kappa shape index (κ2) is 3.51. The Bertz CT molecular complexity index is 465. The Labute approximate surface area is 83.4 Å². The van der Waals surface area contributed by atoms with Crippen LogP contribution >= 0.6 is 15.9 Å². The van der Waals surface area contributed by atoms with E-state index in [1.807, 2.05) is 0 Å². The molecule has 0 aliphatic rings. The molecule has 0 radical (unpaired) electrons. The third kappa shape index (κ3) is 3.19. The van der Waals surface area contributed by atoms with E-state index in [4.69, 9.17) is 0 Å². The van der Waals surface area contributed by atoms with Gasteiger partial charge in [-0.3, -0.25) is 9.52 Å². The molecule has 0 bridgehead atoms. The van der Waals surface area contributed by atoms with Gasteiger partial charge in [0.05, 0.1) is 6.26 Å². The molecular weight excluding hydrogens is 260 g/mol. The number of sulfonamides is 1. The van der Waals surface area contributed by atoms with Crippen molar-refractivity contribution in [2.24, 2.45) is 0 Å². The summed E-state index contributed by atoms with van der Waals surface area (Å²) in [5.41, 5.74) is -0.481. The lowest BCUT2D eigenvalue weighted by Crippen LogP contribution is -2.18. The number of pyridine rings is 1. The molecule has 0 fully saturated rings. The summed E-state index contributed by atoms with van der Waals surface area (Å²) in [5, 5.41) is 0. The normalized spacial score (nSPS) is 11.2. The molecule has 0 atom stereocenters. The van der Waals surface area contributed by atoms with Crippen LogP contribution in [0.3, 0.4) is 0 Å². The Morgan fingerprint density at radius 2 is 2.15 bits per heavy atom. The smallest absolute Gasteiger partial charge is 0.272 e. The van der Waals surface area contributed by atoms with E-state index in [-0.39, 0.29) is 5.69 Å². The summed E-state index contributed by atoms with van der Waals surface area (Å²) >= 11 is 3.10. The van der Waals surface area contributed by atoms with Crippen LogP contribution in [0.25, 0.3) is 0 Å². The molecule has 13 heavy (non-hydrogen) atoms. The summed E-state index contributed by atoms with van der Waals surface area (Å²) in [5.74, 6) is 0. The summed E-state index contributed by atoms with van der Waals surface area (Å²) in [4.78, 5) is 13.4. The van der Waals surface area contributed by atoms with Gasteiger partial charge < -0.3 is 4.98 Å². The molecule has 72 valence electrons. The lowest BCUT2D eigenvalue weighted by Gasteiger charge is -2.01. The summed E-state index contributed by atoms with van der Waals surface area (Å²) in [6.07, 6.45) is 2.41. The van der Waals surface area contributed by atoms with Crippen molar-refractivity contribution < 1.29 is 8.42 Å². The molecule has 0 saturated heterocycles. The predicted molar refractivity (Wildman–Crippen MR) is 53.2 cm³/mol. The van der Waals surface area contributed by atoms with Gasteiger partial charge in [0.2, 0.25) is 10.0 Å². The molecular formula is C6H7BrN2O3S. The van der Waals surface area contributed by atoms with Crippen molar-refractivity contribution >= 4 is 31.6 Å². The second-order valence-electron chi connectivity index (χ2n) is 2.43. The molecule has 2 N–H and O–H groups in total. The number of aromatic nitrogens is 1. The number of hydrogen-bond acceptors (Lipinski definition) is 3. The van der Waals surface area contributed by atoms with Gasteiger partial charge in [0.25, 0.3) is 5.56 Å². The zero-order chi connectivity index (χ0) is 10.1. The van der Waals surface area contributed by atoms with Crippen LogP contribution in [0.5, 0.6) is 0 Å². The van der Waals surface area contributed by atoms with Crippen LogP contribution in [0, 0.1) is 0 Å². The Kier molecular flexibility index (Phi) is 2.77. The van der Waals surface area contributed by atoms with E-state index in [0.717, 1.165) is 6.26 Å². The molecule has 0 aliphatic carbocycles. The number of H-pyrrole nitrogens is 1. The van der Waals surface area contributed by atoms with E-state index in [2.05, 4.69) is 25.6 Å². The topological polar surface area (TPSA) is 79.0 Å². The number of halogens is 1. The van der Waals surface area contributed by atoms with E-state index in [9.17, 15) is 13.2 Å². The minimum atomic E-state index is -3.41. The molecule has 5 nitrogen and oxygen atoms in total. The first-order chi connectivity index (χ1) is 5.88. The second-order valence-corrected chi connectivity index (χ2v) is 5.10. The number of rotatable bonds is 2. The average Bonchev–Trinajstić information content (AvgIpc) is 1.94. The average molecular weight is 267 g/mol. The summed E-state index contributed by atoms with van der Waals surface area (Å²) in [7, 11) is -3.41. The van der Waals surface area contributed by atoms with Crippen molar-refractivity contribution in [1.29, 1.82) is 0 Å². The number of anilines is 1. The molecule has 1 aromatic rings. The lowest BCUT2D eigenvalue weighted by molar-refractivity contribution is 0.606. The quantitative estimate of drug-likeness (QED) is 0.819. The number of aromatic amines is 1. The van der Waals surface area contributed by atoms with Gasteiger partial charge >= 0.3 is 0 Å². The monoisotopic (exact) mass is 266 g/mol. The molecule has 0 aromatic carbocycles.